The molecule has 2 aromatic rings. The number of para-hydroxylation sites is 1. The van der Waals surface area contributed by atoms with Crippen molar-refractivity contribution in [2.75, 3.05) is 13.1 Å². The normalized spacial score (nSPS) is 15.2. The van der Waals surface area contributed by atoms with Crippen molar-refractivity contribution in [3.8, 4) is 5.69 Å². The van der Waals surface area contributed by atoms with Crippen molar-refractivity contribution in [2.24, 2.45) is 0 Å². The van der Waals surface area contributed by atoms with Crippen molar-refractivity contribution >= 4 is 12.2 Å². The predicted octanol–water partition coefficient (Wildman–Crippen LogP) is 3.68. The van der Waals surface area contributed by atoms with Crippen molar-refractivity contribution in [1.29, 1.82) is 0 Å². The first-order valence-electron chi connectivity index (χ1n) is 8.56. The quantitative estimate of drug-likeness (QED) is 0.837. The van der Waals surface area contributed by atoms with Crippen LogP contribution in [0.15, 0.2) is 42.1 Å². The van der Waals surface area contributed by atoms with Crippen molar-refractivity contribution in [2.45, 2.75) is 39.2 Å². The molecule has 0 saturated carbocycles. The van der Waals surface area contributed by atoms with Gasteiger partial charge in [0.15, 0.2) is 0 Å². The summed E-state index contributed by atoms with van der Waals surface area (Å²) in [6.07, 6.45) is 5.32. The average molecular weight is 340 g/mol. The Morgan fingerprint density at radius 2 is 1.84 bits per heavy atom. The van der Waals surface area contributed by atoms with Gasteiger partial charge in [0.2, 0.25) is 0 Å². The van der Waals surface area contributed by atoms with Crippen LogP contribution in [0, 0.1) is 0 Å². The second-order valence-corrected chi connectivity index (χ2v) is 7.18. The topological polar surface area (TPSA) is 60.2 Å². The highest BCUT2D eigenvalue weighted by Gasteiger charge is 2.24. The van der Waals surface area contributed by atoms with Gasteiger partial charge in [0.1, 0.15) is 5.60 Å². The number of amides is 1. The number of nitrogens with zero attached hydrogens (tertiary/aromatic N) is 4. The molecule has 1 aliphatic heterocycles. The first-order chi connectivity index (χ1) is 11.9. The fourth-order valence-corrected chi connectivity index (χ4v) is 2.77. The molecular formula is C19H24N4O2. The van der Waals surface area contributed by atoms with E-state index in [4.69, 9.17) is 4.74 Å². The summed E-state index contributed by atoms with van der Waals surface area (Å²) in [6.45, 7) is 7.01. The Bertz CT molecular complexity index is 749. The number of benzene rings is 1. The smallest absolute Gasteiger partial charge is 0.410 e. The van der Waals surface area contributed by atoms with Crippen molar-refractivity contribution in [1.82, 2.24) is 19.9 Å². The molecule has 132 valence electrons. The minimum Gasteiger partial charge on any atom is -0.444 e. The summed E-state index contributed by atoms with van der Waals surface area (Å²) in [4.78, 5) is 13.9. The number of carbonyl (C=O) groups excluding carboxylic acids is 1. The second-order valence-electron chi connectivity index (χ2n) is 7.18. The molecule has 0 spiro atoms. The van der Waals surface area contributed by atoms with Gasteiger partial charge in [-0.15, -0.1) is 5.10 Å². The summed E-state index contributed by atoms with van der Waals surface area (Å²) < 4.78 is 7.27. The summed E-state index contributed by atoms with van der Waals surface area (Å²) in [5.41, 5.74) is 2.77. The zero-order chi connectivity index (χ0) is 17.9. The fourth-order valence-electron chi connectivity index (χ4n) is 2.77. The molecule has 0 unspecified atom stereocenters. The molecule has 3 rings (SSSR count). The molecule has 25 heavy (non-hydrogen) atoms. The lowest BCUT2D eigenvalue weighted by atomic mass is 10.0. The molecule has 6 nitrogen and oxygen atoms in total. The maximum atomic E-state index is 12.1. The highest BCUT2D eigenvalue weighted by atomic mass is 16.6. The molecule has 1 saturated heterocycles. The lowest BCUT2D eigenvalue weighted by molar-refractivity contribution is 0.0237. The highest BCUT2D eigenvalue weighted by Crippen LogP contribution is 2.22. The number of carbonyl (C=O) groups is 1. The molecule has 2 heterocycles. The molecule has 0 radical (unpaired) electrons. The van der Waals surface area contributed by atoms with Gasteiger partial charge in [0, 0.05) is 13.1 Å². The van der Waals surface area contributed by atoms with Crippen LogP contribution in [-0.4, -0.2) is 44.7 Å². The van der Waals surface area contributed by atoms with E-state index in [1.807, 2.05) is 55.8 Å². The number of rotatable bonds is 2. The summed E-state index contributed by atoms with van der Waals surface area (Å²) >= 11 is 0. The number of hydrogen-bond acceptors (Lipinski definition) is 4. The molecule has 1 aromatic heterocycles. The van der Waals surface area contributed by atoms with Crippen molar-refractivity contribution in [3.05, 3.63) is 47.8 Å². The Morgan fingerprint density at radius 3 is 2.48 bits per heavy atom. The van der Waals surface area contributed by atoms with Crippen LogP contribution in [-0.2, 0) is 4.74 Å². The van der Waals surface area contributed by atoms with Crippen LogP contribution in [0.5, 0.6) is 0 Å². The third kappa shape index (κ3) is 4.47. The number of aromatic nitrogens is 3. The van der Waals surface area contributed by atoms with Gasteiger partial charge in [-0.2, -0.15) is 0 Å². The molecule has 0 atom stereocenters. The Hall–Kier alpha value is -2.63. The minimum atomic E-state index is -0.457. The van der Waals surface area contributed by atoms with E-state index in [1.54, 1.807) is 11.1 Å². The van der Waals surface area contributed by atoms with E-state index in [9.17, 15) is 4.79 Å². The monoisotopic (exact) mass is 340 g/mol. The first-order valence-corrected chi connectivity index (χ1v) is 8.56. The lowest BCUT2D eigenvalue weighted by Crippen LogP contribution is -2.40. The Kier molecular flexibility index (Phi) is 4.88. The van der Waals surface area contributed by atoms with E-state index >= 15 is 0 Å². The minimum absolute atomic E-state index is 0.234. The summed E-state index contributed by atoms with van der Waals surface area (Å²) in [6, 6.07) is 9.94. The molecule has 0 aliphatic carbocycles. The van der Waals surface area contributed by atoms with Gasteiger partial charge in [-0.05, 0) is 51.8 Å². The lowest BCUT2D eigenvalue weighted by Gasteiger charge is -2.31. The SMILES string of the molecule is CC(C)(C)OC(=O)N1CCC(=Cc2cnnn2-c2ccccc2)CC1. The molecule has 1 amide bonds. The standard InChI is InChI=1S/C19H24N4O2/c1-19(2,3)25-18(24)22-11-9-15(10-12-22)13-17-14-20-21-23(17)16-7-5-4-6-8-16/h4-8,13-14H,9-12H2,1-3H3. The van der Waals surface area contributed by atoms with Gasteiger partial charge < -0.3 is 9.64 Å². The Morgan fingerprint density at radius 1 is 1.16 bits per heavy atom. The fraction of sp³-hybridized carbons (Fsp3) is 0.421. The van der Waals surface area contributed by atoms with Crippen LogP contribution in [0.4, 0.5) is 4.79 Å². The van der Waals surface area contributed by atoms with E-state index in [0.717, 1.165) is 24.2 Å². The van der Waals surface area contributed by atoms with Gasteiger partial charge in [-0.25, -0.2) is 9.48 Å². The third-order valence-corrected chi connectivity index (χ3v) is 3.99. The van der Waals surface area contributed by atoms with E-state index in [0.29, 0.717) is 13.1 Å². The van der Waals surface area contributed by atoms with E-state index in [-0.39, 0.29) is 6.09 Å². The van der Waals surface area contributed by atoms with Crippen LogP contribution >= 0.6 is 0 Å². The summed E-state index contributed by atoms with van der Waals surface area (Å²) in [5.74, 6) is 0. The Labute approximate surface area is 148 Å². The maximum Gasteiger partial charge on any atom is 0.410 e. The van der Waals surface area contributed by atoms with Gasteiger partial charge in [0.05, 0.1) is 17.6 Å². The average Bonchev–Trinajstić information content (AvgIpc) is 3.03. The highest BCUT2D eigenvalue weighted by molar-refractivity contribution is 5.68. The molecule has 1 fully saturated rings. The largest absolute Gasteiger partial charge is 0.444 e. The molecule has 0 bridgehead atoms. The second kappa shape index (κ2) is 7.09. The van der Waals surface area contributed by atoms with Crippen LogP contribution in [0.1, 0.15) is 39.3 Å². The number of ether oxygens (including phenoxy) is 1. The van der Waals surface area contributed by atoms with Crippen LogP contribution in [0.2, 0.25) is 0 Å². The van der Waals surface area contributed by atoms with E-state index < -0.39 is 5.60 Å². The molecule has 1 aliphatic rings. The summed E-state index contributed by atoms with van der Waals surface area (Å²) in [7, 11) is 0. The number of likely N-dealkylation sites (tertiary alicyclic amines) is 1. The van der Waals surface area contributed by atoms with Gasteiger partial charge in [0.25, 0.3) is 0 Å². The zero-order valence-electron chi connectivity index (χ0n) is 15.0. The van der Waals surface area contributed by atoms with E-state index in [1.165, 1.54) is 5.57 Å². The van der Waals surface area contributed by atoms with E-state index in [2.05, 4.69) is 16.4 Å². The van der Waals surface area contributed by atoms with Gasteiger partial charge >= 0.3 is 6.09 Å². The molecular weight excluding hydrogens is 316 g/mol. The number of hydrogen-bond donors (Lipinski definition) is 0. The van der Waals surface area contributed by atoms with Crippen LogP contribution in [0.25, 0.3) is 11.8 Å². The first kappa shape index (κ1) is 17.2. The van der Waals surface area contributed by atoms with Crippen molar-refractivity contribution in [3.63, 3.8) is 0 Å². The van der Waals surface area contributed by atoms with Gasteiger partial charge in [-0.3, -0.25) is 0 Å². The van der Waals surface area contributed by atoms with Crippen LogP contribution < -0.4 is 0 Å². The Balaban J connectivity index is 1.66. The molecule has 1 aromatic carbocycles. The zero-order valence-corrected chi connectivity index (χ0v) is 15.0. The number of piperidine rings is 1. The van der Waals surface area contributed by atoms with Crippen LogP contribution in [0.3, 0.4) is 0 Å². The summed E-state index contributed by atoms with van der Waals surface area (Å²) in [5, 5.41) is 8.20. The molecule has 6 heteroatoms. The third-order valence-electron chi connectivity index (χ3n) is 3.99. The predicted molar refractivity (Wildman–Crippen MR) is 96.4 cm³/mol. The van der Waals surface area contributed by atoms with Crippen molar-refractivity contribution < 1.29 is 9.53 Å². The maximum absolute atomic E-state index is 12.1. The molecule has 0 N–H and O–H groups in total. The van der Waals surface area contributed by atoms with Gasteiger partial charge in [-0.1, -0.05) is 29.0 Å².